The summed E-state index contributed by atoms with van der Waals surface area (Å²) in [5.74, 6) is 0.425. The highest BCUT2D eigenvalue weighted by atomic mass is 35.5. The molecule has 1 atom stereocenters. The minimum absolute atomic E-state index is 0.425. The van der Waals surface area contributed by atoms with Crippen molar-refractivity contribution in [3.05, 3.63) is 53.3 Å². The van der Waals surface area contributed by atoms with Crippen molar-refractivity contribution in [1.29, 1.82) is 0 Å². The molecule has 0 fully saturated rings. The lowest BCUT2D eigenvalue weighted by atomic mass is 10.3. The Balaban J connectivity index is 2.18. The number of hydrogen-bond acceptors (Lipinski definition) is 3. The van der Waals surface area contributed by atoms with Crippen LogP contribution in [0.5, 0.6) is 0 Å². The quantitative estimate of drug-likeness (QED) is 0.869. The van der Waals surface area contributed by atoms with Crippen molar-refractivity contribution in [3.8, 4) is 0 Å². The number of rotatable bonds is 3. The van der Waals surface area contributed by atoms with E-state index in [1.54, 1.807) is 30.6 Å². The second-order valence-electron chi connectivity index (χ2n) is 3.53. The van der Waals surface area contributed by atoms with Crippen LogP contribution in [0.4, 0.5) is 5.69 Å². The minimum atomic E-state index is -1.13. The van der Waals surface area contributed by atoms with Crippen LogP contribution in [0.25, 0.3) is 0 Å². The molecule has 88 valence electrons. The zero-order chi connectivity index (χ0) is 12.3. The highest BCUT2D eigenvalue weighted by Crippen LogP contribution is 2.22. The van der Waals surface area contributed by atoms with E-state index >= 15 is 0 Å². The summed E-state index contributed by atoms with van der Waals surface area (Å²) < 4.78 is 12.1. The molecule has 0 aliphatic heterocycles. The largest absolute Gasteiger partial charge is 0.398 e. The number of nitrogen functional groups attached to an aromatic ring is 1. The van der Waals surface area contributed by atoms with Gasteiger partial charge in [-0.05, 0) is 29.8 Å². The Bertz CT molecular complexity index is 545. The van der Waals surface area contributed by atoms with Gasteiger partial charge in [-0.25, -0.2) is 0 Å². The van der Waals surface area contributed by atoms with Gasteiger partial charge >= 0.3 is 0 Å². The van der Waals surface area contributed by atoms with Crippen LogP contribution in [-0.4, -0.2) is 9.19 Å². The van der Waals surface area contributed by atoms with Gasteiger partial charge < -0.3 is 5.73 Å². The molecule has 0 radical (unpaired) electrons. The Labute approximate surface area is 107 Å². The molecule has 0 aliphatic rings. The Morgan fingerprint density at radius 1 is 1.35 bits per heavy atom. The van der Waals surface area contributed by atoms with Gasteiger partial charge in [0, 0.05) is 17.3 Å². The van der Waals surface area contributed by atoms with E-state index in [9.17, 15) is 4.21 Å². The average molecular weight is 267 g/mol. The van der Waals surface area contributed by atoms with Crippen molar-refractivity contribution in [2.75, 3.05) is 5.73 Å². The summed E-state index contributed by atoms with van der Waals surface area (Å²) in [5.41, 5.74) is 7.02. The van der Waals surface area contributed by atoms with Gasteiger partial charge in [0.2, 0.25) is 0 Å². The molecule has 2 aromatic rings. The van der Waals surface area contributed by atoms with Gasteiger partial charge in [0.15, 0.2) is 0 Å². The van der Waals surface area contributed by atoms with Gasteiger partial charge in [0.05, 0.1) is 27.3 Å². The summed E-state index contributed by atoms with van der Waals surface area (Å²) in [5, 5.41) is 0.432. The molecular weight excluding hydrogens is 256 g/mol. The summed E-state index contributed by atoms with van der Waals surface area (Å²) >= 11 is 5.89. The first-order valence-corrected chi connectivity index (χ1v) is 6.69. The fraction of sp³-hybridized carbons (Fsp3) is 0.0833. The maximum Gasteiger partial charge on any atom is 0.0647 e. The molecule has 1 heterocycles. The predicted molar refractivity (Wildman–Crippen MR) is 70.2 cm³/mol. The standard InChI is InChI=1S/C12H11ClN2OS/c13-11-6-10(3-4-12(11)14)17(16)8-9-2-1-5-15-7-9/h1-7H,8,14H2. The van der Waals surface area contributed by atoms with Crippen molar-refractivity contribution >= 4 is 28.1 Å². The monoisotopic (exact) mass is 266 g/mol. The van der Waals surface area contributed by atoms with Crippen LogP contribution in [0.2, 0.25) is 5.02 Å². The first kappa shape index (κ1) is 12.1. The molecule has 2 N–H and O–H groups in total. The Morgan fingerprint density at radius 2 is 2.18 bits per heavy atom. The SMILES string of the molecule is Nc1ccc(S(=O)Cc2cccnc2)cc1Cl. The molecule has 0 saturated carbocycles. The van der Waals surface area contributed by atoms with E-state index in [0.717, 1.165) is 5.56 Å². The van der Waals surface area contributed by atoms with E-state index in [1.165, 1.54) is 0 Å². The molecule has 3 nitrogen and oxygen atoms in total. The lowest BCUT2D eigenvalue weighted by molar-refractivity contribution is 0.682. The third-order valence-electron chi connectivity index (χ3n) is 2.26. The van der Waals surface area contributed by atoms with Crippen LogP contribution in [0.15, 0.2) is 47.6 Å². The van der Waals surface area contributed by atoms with Crippen LogP contribution in [0, 0.1) is 0 Å². The summed E-state index contributed by atoms with van der Waals surface area (Å²) in [6, 6.07) is 8.75. The third-order valence-corrected chi connectivity index (χ3v) is 3.96. The number of nitrogens with two attached hydrogens (primary N) is 1. The summed E-state index contributed by atoms with van der Waals surface area (Å²) in [4.78, 5) is 4.66. The van der Waals surface area contributed by atoms with E-state index in [2.05, 4.69) is 4.98 Å². The molecule has 0 saturated heterocycles. The van der Waals surface area contributed by atoms with Crippen LogP contribution in [0.3, 0.4) is 0 Å². The van der Waals surface area contributed by atoms with E-state index in [0.29, 0.717) is 21.4 Å². The van der Waals surface area contributed by atoms with Crippen molar-refractivity contribution < 1.29 is 4.21 Å². The molecule has 0 spiro atoms. The Hall–Kier alpha value is -1.39. The first-order valence-electron chi connectivity index (χ1n) is 4.99. The van der Waals surface area contributed by atoms with Crippen molar-refractivity contribution in [3.63, 3.8) is 0 Å². The Kier molecular flexibility index (Phi) is 3.76. The fourth-order valence-electron chi connectivity index (χ4n) is 1.37. The lowest BCUT2D eigenvalue weighted by Gasteiger charge is -2.04. The van der Waals surface area contributed by atoms with Gasteiger partial charge in [-0.1, -0.05) is 17.7 Å². The molecule has 0 bridgehead atoms. The predicted octanol–water partition coefficient (Wildman–Crippen LogP) is 2.63. The van der Waals surface area contributed by atoms with E-state index < -0.39 is 10.8 Å². The number of nitrogens with zero attached hydrogens (tertiary/aromatic N) is 1. The van der Waals surface area contributed by atoms with Gasteiger partial charge in [0.1, 0.15) is 0 Å². The van der Waals surface area contributed by atoms with E-state index in [1.807, 2.05) is 12.1 Å². The third kappa shape index (κ3) is 3.05. The lowest BCUT2D eigenvalue weighted by Crippen LogP contribution is -1.97. The molecule has 17 heavy (non-hydrogen) atoms. The first-order chi connectivity index (χ1) is 8.16. The van der Waals surface area contributed by atoms with E-state index in [4.69, 9.17) is 17.3 Å². The Morgan fingerprint density at radius 3 is 2.82 bits per heavy atom. The highest BCUT2D eigenvalue weighted by Gasteiger charge is 2.07. The average Bonchev–Trinajstić information content (AvgIpc) is 2.34. The summed E-state index contributed by atoms with van der Waals surface area (Å²) in [6.07, 6.45) is 3.39. The number of aromatic nitrogens is 1. The second-order valence-corrected chi connectivity index (χ2v) is 5.39. The zero-order valence-electron chi connectivity index (χ0n) is 8.97. The van der Waals surface area contributed by atoms with Crippen LogP contribution < -0.4 is 5.73 Å². The molecule has 1 aromatic heterocycles. The number of anilines is 1. The topological polar surface area (TPSA) is 56.0 Å². The zero-order valence-corrected chi connectivity index (χ0v) is 10.5. The normalized spacial score (nSPS) is 12.3. The van der Waals surface area contributed by atoms with Crippen LogP contribution >= 0.6 is 11.6 Å². The van der Waals surface area contributed by atoms with Crippen molar-refractivity contribution in [2.45, 2.75) is 10.6 Å². The van der Waals surface area contributed by atoms with Crippen LogP contribution in [0.1, 0.15) is 5.56 Å². The molecule has 2 rings (SSSR count). The van der Waals surface area contributed by atoms with Gasteiger partial charge in [-0.3, -0.25) is 9.19 Å². The maximum absolute atomic E-state index is 12.1. The molecule has 0 aliphatic carbocycles. The van der Waals surface area contributed by atoms with E-state index in [-0.39, 0.29) is 0 Å². The molecular formula is C12H11ClN2OS. The maximum atomic E-state index is 12.1. The smallest absolute Gasteiger partial charge is 0.0647 e. The number of benzene rings is 1. The molecule has 1 aromatic carbocycles. The second kappa shape index (κ2) is 5.29. The molecule has 5 heteroatoms. The van der Waals surface area contributed by atoms with Crippen molar-refractivity contribution in [1.82, 2.24) is 4.98 Å². The summed E-state index contributed by atoms with van der Waals surface area (Å²) in [6.45, 7) is 0. The minimum Gasteiger partial charge on any atom is -0.398 e. The van der Waals surface area contributed by atoms with Gasteiger partial charge in [-0.2, -0.15) is 0 Å². The van der Waals surface area contributed by atoms with Gasteiger partial charge in [-0.15, -0.1) is 0 Å². The number of pyridine rings is 1. The number of halogens is 1. The van der Waals surface area contributed by atoms with Gasteiger partial charge in [0.25, 0.3) is 0 Å². The highest BCUT2D eigenvalue weighted by molar-refractivity contribution is 7.84. The molecule has 1 unspecified atom stereocenters. The fourth-order valence-corrected chi connectivity index (χ4v) is 2.72. The molecule has 0 amide bonds. The summed E-state index contributed by atoms with van der Waals surface area (Å²) in [7, 11) is -1.13. The van der Waals surface area contributed by atoms with Crippen LogP contribution in [-0.2, 0) is 16.6 Å². The van der Waals surface area contributed by atoms with Crippen molar-refractivity contribution in [2.24, 2.45) is 0 Å². The number of hydrogen-bond donors (Lipinski definition) is 1.